The Morgan fingerprint density at radius 1 is 1.50 bits per heavy atom. The zero-order chi connectivity index (χ0) is 10.9. The van der Waals surface area contributed by atoms with Crippen molar-refractivity contribution >= 4 is 28.4 Å². The van der Waals surface area contributed by atoms with Gasteiger partial charge in [-0.2, -0.15) is 0 Å². The second kappa shape index (κ2) is 4.06. The summed E-state index contributed by atoms with van der Waals surface area (Å²) in [5.41, 5.74) is -2.65. The summed E-state index contributed by atoms with van der Waals surface area (Å²) < 4.78 is 24.6. The summed E-state index contributed by atoms with van der Waals surface area (Å²) in [6.07, 6.45) is -3.08. The number of carbonyl (C=O) groups excluding carboxylic acids is 1. The van der Waals surface area contributed by atoms with Gasteiger partial charge in [-0.3, -0.25) is 9.59 Å². The van der Waals surface area contributed by atoms with Crippen LogP contribution in [0, 0.1) is 0 Å². The predicted molar refractivity (Wildman–Crippen MR) is 47.2 cm³/mol. The fourth-order valence-corrected chi connectivity index (χ4v) is 1.25. The zero-order valence-electron chi connectivity index (χ0n) is 6.48. The maximum Gasteiger partial charge on any atom is 0.269 e. The molecule has 1 rings (SSSR count). The highest BCUT2D eigenvalue weighted by molar-refractivity contribution is 6.67. The van der Waals surface area contributed by atoms with E-state index in [4.69, 9.17) is 23.2 Å². The number of carbonyl (C=O) groups is 1. The molecule has 0 aliphatic heterocycles. The van der Waals surface area contributed by atoms with Crippen molar-refractivity contribution in [3.8, 4) is 0 Å². The second-order valence-corrected chi connectivity index (χ2v) is 3.10. The molecule has 0 fully saturated rings. The lowest BCUT2D eigenvalue weighted by Gasteiger charge is -2.04. The molecule has 1 aromatic heterocycles. The van der Waals surface area contributed by atoms with Crippen molar-refractivity contribution in [3.63, 3.8) is 0 Å². The molecule has 0 bridgehead atoms. The van der Waals surface area contributed by atoms with Gasteiger partial charge < -0.3 is 4.98 Å². The fraction of sp³-hybridized carbons (Fsp3) is 0.143. The predicted octanol–water partition coefficient (Wildman–Crippen LogP) is 2.34. The number of rotatable bonds is 2. The number of nitrogens with one attached hydrogen (secondary N) is 1. The Kier molecular flexibility index (Phi) is 3.23. The standard InChI is InChI=1S/C7H3Cl2F2NO2/c8-3-1-2(13)4(7(10)11)5(12-3)6(9)14/h1,7H,(H,12,13). The van der Waals surface area contributed by atoms with E-state index in [2.05, 4.69) is 4.98 Å². The van der Waals surface area contributed by atoms with E-state index in [-0.39, 0.29) is 5.15 Å². The maximum atomic E-state index is 12.3. The molecule has 0 spiro atoms. The molecule has 0 saturated carbocycles. The van der Waals surface area contributed by atoms with Gasteiger partial charge in [0, 0.05) is 6.07 Å². The molecule has 1 aromatic rings. The van der Waals surface area contributed by atoms with E-state index >= 15 is 0 Å². The Morgan fingerprint density at radius 2 is 2.07 bits per heavy atom. The third-order valence-corrected chi connectivity index (χ3v) is 1.84. The number of hydrogen-bond donors (Lipinski definition) is 1. The van der Waals surface area contributed by atoms with Crippen LogP contribution in [0.3, 0.4) is 0 Å². The molecule has 1 heterocycles. The summed E-state index contributed by atoms with van der Waals surface area (Å²) in [5, 5.41) is -1.40. The Morgan fingerprint density at radius 3 is 2.50 bits per heavy atom. The monoisotopic (exact) mass is 241 g/mol. The molecule has 0 aliphatic carbocycles. The van der Waals surface area contributed by atoms with Crippen molar-refractivity contribution in [2.45, 2.75) is 6.43 Å². The maximum absolute atomic E-state index is 12.3. The lowest BCUT2D eigenvalue weighted by Crippen LogP contribution is -2.15. The van der Waals surface area contributed by atoms with Gasteiger partial charge >= 0.3 is 0 Å². The molecule has 0 atom stereocenters. The normalized spacial score (nSPS) is 10.6. The molecule has 1 N–H and O–H groups in total. The van der Waals surface area contributed by atoms with E-state index in [9.17, 15) is 18.4 Å². The number of halogens is 4. The Balaban J connectivity index is 3.53. The van der Waals surface area contributed by atoms with Crippen LogP contribution in [0.25, 0.3) is 0 Å². The molecule has 0 saturated heterocycles. The molecule has 0 unspecified atom stereocenters. The molecule has 7 heteroatoms. The first-order chi connectivity index (χ1) is 6.43. The highest BCUT2D eigenvalue weighted by atomic mass is 35.5. The van der Waals surface area contributed by atoms with Gasteiger partial charge in [0.1, 0.15) is 10.8 Å². The van der Waals surface area contributed by atoms with Crippen molar-refractivity contribution in [2.75, 3.05) is 0 Å². The van der Waals surface area contributed by atoms with Crippen molar-refractivity contribution in [2.24, 2.45) is 0 Å². The first kappa shape index (κ1) is 11.1. The number of hydrogen-bond acceptors (Lipinski definition) is 2. The molecule has 0 aliphatic rings. The number of alkyl halides is 2. The van der Waals surface area contributed by atoms with E-state index in [1.807, 2.05) is 0 Å². The van der Waals surface area contributed by atoms with Crippen LogP contribution in [0.1, 0.15) is 22.5 Å². The van der Waals surface area contributed by atoms with Gasteiger partial charge in [-0.05, 0) is 11.6 Å². The van der Waals surface area contributed by atoms with Crippen LogP contribution in [-0.2, 0) is 0 Å². The van der Waals surface area contributed by atoms with Crippen LogP contribution >= 0.6 is 23.2 Å². The molecular formula is C7H3Cl2F2NO2. The van der Waals surface area contributed by atoms with Gasteiger partial charge in [0.15, 0.2) is 5.43 Å². The van der Waals surface area contributed by atoms with E-state index in [1.54, 1.807) is 0 Å². The van der Waals surface area contributed by atoms with Gasteiger partial charge in [-0.1, -0.05) is 11.6 Å². The lowest BCUT2D eigenvalue weighted by molar-refractivity contribution is 0.106. The van der Waals surface area contributed by atoms with Crippen LogP contribution in [0.2, 0.25) is 5.15 Å². The first-order valence-electron chi connectivity index (χ1n) is 3.34. The molecular weight excluding hydrogens is 239 g/mol. The summed E-state index contributed by atoms with van der Waals surface area (Å²) in [7, 11) is 0. The van der Waals surface area contributed by atoms with Crippen molar-refractivity contribution in [1.82, 2.24) is 4.98 Å². The first-order valence-corrected chi connectivity index (χ1v) is 4.09. The molecule has 3 nitrogen and oxygen atoms in total. The van der Waals surface area contributed by atoms with Crippen molar-refractivity contribution in [3.05, 3.63) is 32.7 Å². The fourth-order valence-electron chi connectivity index (χ4n) is 0.911. The van der Waals surface area contributed by atoms with Gasteiger partial charge in [0.2, 0.25) is 0 Å². The highest BCUT2D eigenvalue weighted by Gasteiger charge is 2.21. The van der Waals surface area contributed by atoms with Crippen LogP contribution in [0.5, 0.6) is 0 Å². The van der Waals surface area contributed by atoms with E-state index < -0.39 is 28.4 Å². The quantitative estimate of drug-likeness (QED) is 0.639. The SMILES string of the molecule is O=C(Cl)c1[nH]c(Cl)cc(=O)c1C(F)F. The summed E-state index contributed by atoms with van der Waals surface area (Å²) in [5.74, 6) is 0. The van der Waals surface area contributed by atoms with Crippen LogP contribution in [0.15, 0.2) is 10.9 Å². The molecule has 0 radical (unpaired) electrons. The number of aromatic amines is 1. The van der Waals surface area contributed by atoms with Gasteiger partial charge in [-0.25, -0.2) is 8.78 Å². The molecule has 76 valence electrons. The number of pyridine rings is 1. The lowest BCUT2D eigenvalue weighted by atomic mass is 10.2. The van der Waals surface area contributed by atoms with Gasteiger partial charge in [0.05, 0.1) is 5.56 Å². The van der Waals surface area contributed by atoms with E-state index in [1.165, 1.54) is 0 Å². The molecule has 0 amide bonds. The molecule has 14 heavy (non-hydrogen) atoms. The third-order valence-electron chi connectivity index (χ3n) is 1.45. The summed E-state index contributed by atoms with van der Waals surface area (Å²) in [6.45, 7) is 0. The van der Waals surface area contributed by atoms with Crippen LogP contribution < -0.4 is 5.43 Å². The van der Waals surface area contributed by atoms with E-state index in [0.29, 0.717) is 0 Å². The second-order valence-electron chi connectivity index (χ2n) is 2.34. The minimum atomic E-state index is -3.08. The van der Waals surface area contributed by atoms with Crippen molar-refractivity contribution < 1.29 is 13.6 Å². The summed E-state index contributed by atoms with van der Waals surface area (Å²) in [4.78, 5) is 23.8. The van der Waals surface area contributed by atoms with E-state index in [0.717, 1.165) is 6.07 Å². The summed E-state index contributed by atoms with van der Waals surface area (Å²) >= 11 is 10.4. The average molecular weight is 242 g/mol. The Bertz CT molecular complexity index is 430. The minimum Gasteiger partial charge on any atom is -0.342 e. The van der Waals surface area contributed by atoms with Gasteiger partial charge in [-0.15, -0.1) is 0 Å². The van der Waals surface area contributed by atoms with Crippen molar-refractivity contribution in [1.29, 1.82) is 0 Å². The van der Waals surface area contributed by atoms with Crippen LogP contribution in [-0.4, -0.2) is 10.2 Å². The highest BCUT2D eigenvalue weighted by Crippen LogP contribution is 2.20. The summed E-state index contributed by atoms with van der Waals surface area (Å²) in [6, 6.07) is 0.756. The van der Waals surface area contributed by atoms with Gasteiger partial charge in [0.25, 0.3) is 11.7 Å². The third kappa shape index (κ3) is 2.10. The topological polar surface area (TPSA) is 49.9 Å². The smallest absolute Gasteiger partial charge is 0.269 e. The van der Waals surface area contributed by atoms with Crippen LogP contribution in [0.4, 0.5) is 8.78 Å². The number of H-pyrrole nitrogens is 1. The Labute approximate surface area is 86.6 Å². The number of aromatic nitrogens is 1. The average Bonchev–Trinajstić information content (AvgIpc) is 2.01. The zero-order valence-corrected chi connectivity index (χ0v) is 7.99. The largest absolute Gasteiger partial charge is 0.342 e. The molecule has 0 aromatic carbocycles. The minimum absolute atomic E-state index is 0.219. The Hall–Kier alpha value is -0.940.